The van der Waals surface area contributed by atoms with E-state index in [0.29, 0.717) is 36.2 Å². The van der Waals surface area contributed by atoms with Crippen molar-refractivity contribution >= 4 is 22.7 Å². The minimum absolute atomic E-state index is 0.219. The van der Waals surface area contributed by atoms with Crippen LogP contribution in [0.2, 0.25) is 0 Å². The number of carbonyl (C=O) groups is 1. The van der Waals surface area contributed by atoms with Crippen molar-refractivity contribution < 1.29 is 13.9 Å². The Balaban J connectivity index is 1.68. The topological polar surface area (TPSA) is 66.2 Å². The first-order valence-electron chi connectivity index (χ1n) is 11.5. The number of fused-ring (bicyclic) bond motifs is 3. The molecule has 7 nitrogen and oxygen atoms in total. The van der Waals surface area contributed by atoms with Crippen LogP contribution in [-0.4, -0.2) is 60.3 Å². The predicted molar refractivity (Wildman–Crippen MR) is 126 cm³/mol. The summed E-state index contributed by atoms with van der Waals surface area (Å²) in [5.74, 6) is 0. The summed E-state index contributed by atoms with van der Waals surface area (Å²) in [6.07, 6.45) is 0.213. The molecule has 0 saturated carbocycles. The van der Waals surface area contributed by atoms with Gasteiger partial charge < -0.3 is 19.0 Å². The molecule has 174 valence electrons. The van der Waals surface area contributed by atoms with Crippen LogP contribution in [0.4, 0.5) is 10.5 Å². The molecule has 0 radical (unpaired) electrons. The smallest absolute Gasteiger partial charge is 0.410 e. The van der Waals surface area contributed by atoms with Gasteiger partial charge in [0, 0.05) is 48.4 Å². The molecule has 1 amide bonds. The normalized spacial score (nSPS) is 22.2. The third-order valence-corrected chi connectivity index (χ3v) is 6.84. The third kappa shape index (κ3) is 4.10. The first-order chi connectivity index (χ1) is 15.0. The van der Waals surface area contributed by atoms with Crippen LogP contribution in [-0.2, 0) is 17.7 Å². The number of likely N-dealkylation sites (N-methyl/N-ethyl adjacent to an activating group) is 1. The second kappa shape index (κ2) is 8.10. The van der Waals surface area contributed by atoms with E-state index in [4.69, 9.17) is 9.15 Å². The summed E-state index contributed by atoms with van der Waals surface area (Å²) in [6, 6.07) is 5.13. The maximum Gasteiger partial charge on any atom is 0.410 e. The molecule has 0 N–H and O–H groups in total. The Morgan fingerprint density at radius 2 is 1.78 bits per heavy atom. The summed E-state index contributed by atoms with van der Waals surface area (Å²) in [4.78, 5) is 31.8. The van der Waals surface area contributed by atoms with E-state index in [9.17, 15) is 9.59 Å². The zero-order chi connectivity index (χ0) is 23.4. The van der Waals surface area contributed by atoms with E-state index in [0.717, 1.165) is 35.3 Å². The SMILES string of the molecule is Cc1c(N2CC(C)N(C)[C@@H](C)C2)ccc2c3c(c(=O)oc12)CN(C(=O)OC(C)(C)C)CC3. The van der Waals surface area contributed by atoms with Crippen molar-refractivity contribution in [2.75, 3.05) is 31.6 Å². The molecule has 1 aromatic heterocycles. The van der Waals surface area contributed by atoms with E-state index < -0.39 is 11.7 Å². The summed E-state index contributed by atoms with van der Waals surface area (Å²) in [7, 11) is 2.17. The van der Waals surface area contributed by atoms with E-state index >= 15 is 0 Å². The van der Waals surface area contributed by atoms with Crippen LogP contribution >= 0.6 is 0 Å². The van der Waals surface area contributed by atoms with Crippen LogP contribution in [0.1, 0.15) is 51.3 Å². The Labute approximate surface area is 189 Å². The fraction of sp³-hybridized carbons (Fsp3) is 0.600. The molecule has 1 fully saturated rings. The van der Waals surface area contributed by atoms with E-state index in [-0.39, 0.29) is 12.2 Å². The largest absolute Gasteiger partial charge is 0.444 e. The number of hydrogen-bond donors (Lipinski definition) is 0. The number of carbonyl (C=O) groups excluding carboxylic acids is 1. The molecule has 0 spiro atoms. The van der Waals surface area contributed by atoms with Gasteiger partial charge in [0.2, 0.25) is 0 Å². The van der Waals surface area contributed by atoms with Gasteiger partial charge in [-0.25, -0.2) is 9.59 Å². The average Bonchev–Trinajstić information content (AvgIpc) is 2.71. The first kappa shape index (κ1) is 22.6. The van der Waals surface area contributed by atoms with Crippen LogP contribution < -0.4 is 10.5 Å². The predicted octanol–water partition coefficient (Wildman–Crippen LogP) is 3.92. The van der Waals surface area contributed by atoms with Gasteiger partial charge in [-0.2, -0.15) is 0 Å². The van der Waals surface area contributed by atoms with Crippen molar-refractivity contribution in [1.82, 2.24) is 9.80 Å². The van der Waals surface area contributed by atoms with E-state index in [1.54, 1.807) is 4.90 Å². The fourth-order valence-electron chi connectivity index (χ4n) is 4.88. The molecule has 1 saturated heterocycles. The molecule has 1 aromatic carbocycles. The van der Waals surface area contributed by atoms with Gasteiger partial charge in [0.05, 0.1) is 12.1 Å². The van der Waals surface area contributed by atoms with Crippen molar-refractivity contribution in [2.24, 2.45) is 0 Å². The number of rotatable bonds is 1. The molecular weight excluding hydrogens is 406 g/mol. The van der Waals surface area contributed by atoms with Gasteiger partial charge in [-0.3, -0.25) is 4.90 Å². The van der Waals surface area contributed by atoms with Crippen LogP contribution in [0.15, 0.2) is 21.3 Å². The standard InChI is InChI=1S/C25H35N3O4/c1-15-12-28(13-16(2)26(15)7)21-9-8-19-18-10-11-27(24(30)32-25(4,5)6)14-20(18)23(29)31-22(19)17(21)3/h8-9,15-16H,10-14H2,1-7H3/t15-,16?/m0/s1. The van der Waals surface area contributed by atoms with Gasteiger partial charge >= 0.3 is 11.7 Å². The lowest BCUT2D eigenvalue weighted by Crippen LogP contribution is -2.55. The van der Waals surface area contributed by atoms with Gasteiger partial charge in [-0.1, -0.05) is 0 Å². The molecule has 2 aromatic rings. The lowest BCUT2D eigenvalue weighted by Gasteiger charge is -2.44. The number of benzene rings is 1. The Hall–Kier alpha value is -2.54. The summed E-state index contributed by atoms with van der Waals surface area (Å²) in [5.41, 5.74) is 3.41. The highest BCUT2D eigenvalue weighted by Gasteiger charge is 2.31. The number of amides is 1. The Kier molecular flexibility index (Phi) is 5.74. The van der Waals surface area contributed by atoms with Crippen molar-refractivity contribution in [2.45, 2.75) is 72.2 Å². The molecule has 2 aliphatic rings. The van der Waals surface area contributed by atoms with Crippen molar-refractivity contribution in [3.05, 3.63) is 39.2 Å². The van der Waals surface area contributed by atoms with E-state index in [1.807, 2.05) is 27.7 Å². The van der Waals surface area contributed by atoms with Gasteiger partial charge in [0.25, 0.3) is 0 Å². The van der Waals surface area contributed by atoms with Gasteiger partial charge in [-0.05, 0) is 72.7 Å². The molecule has 32 heavy (non-hydrogen) atoms. The summed E-state index contributed by atoms with van der Waals surface area (Å²) in [6.45, 7) is 14.7. The number of hydrogen-bond acceptors (Lipinski definition) is 6. The Morgan fingerprint density at radius 3 is 2.41 bits per heavy atom. The lowest BCUT2D eigenvalue weighted by atomic mass is 9.95. The van der Waals surface area contributed by atoms with Gasteiger partial charge in [0.1, 0.15) is 11.2 Å². The maximum atomic E-state index is 13.0. The molecule has 0 bridgehead atoms. The number of aryl methyl sites for hydroxylation is 1. The molecule has 2 atom stereocenters. The summed E-state index contributed by atoms with van der Waals surface area (Å²) in [5, 5.41) is 0.972. The molecule has 2 aliphatic heterocycles. The highest BCUT2D eigenvalue weighted by Crippen LogP contribution is 2.34. The highest BCUT2D eigenvalue weighted by atomic mass is 16.6. The van der Waals surface area contributed by atoms with Crippen LogP contribution in [0.5, 0.6) is 0 Å². The Morgan fingerprint density at radius 1 is 1.12 bits per heavy atom. The minimum Gasteiger partial charge on any atom is -0.444 e. The molecule has 0 aliphatic carbocycles. The minimum atomic E-state index is -0.572. The first-order valence-corrected chi connectivity index (χ1v) is 11.5. The maximum absolute atomic E-state index is 13.0. The molecular formula is C25H35N3O4. The number of anilines is 1. The monoisotopic (exact) mass is 441 g/mol. The molecule has 3 heterocycles. The fourth-order valence-corrected chi connectivity index (χ4v) is 4.88. The lowest BCUT2D eigenvalue weighted by molar-refractivity contribution is 0.0222. The highest BCUT2D eigenvalue weighted by molar-refractivity contribution is 5.89. The average molecular weight is 442 g/mol. The zero-order valence-electron chi connectivity index (χ0n) is 20.3. The zero-order valence-corrected chi connectivity index (χ0v) is 20.3. The summed E-state index contributed by atoms with van der Waals surface area (Å²) < 4.78 is 11.3. The van der Waals surface area contributed by atoms with Gasteiger partial charge in [0.15, 0.2) is 0 Å². The van der Waals surface area contributed by atoms with Gasteiger partial charge in [-0.15, -0.1) is 0 Å². The van der Waals surface area contributed by atoms with E-state index in [2.05, 4.69) is 42.8 Å². The molecule has 4 rings (SSSR count). The van der Waals surface area contributed by atoms with Crippen LogP contribution in [0, 0.1) is 6.92 Å². The number of piperazine rings is 1. The summed E-state index contributed by atoms with van der Waals surface area (Å²) >= 11 is 0. The van der Waals surface area contributed by atoms with Crippen molar-refractivity contribution in [3.8, 4) is 0 Å². The van der Waals surface area contributed by atoms with Crippen molar-refractivity contribution in [1.29, 1.82) is 0 Å². The molecule has 1 unspecified atom stereocenters. The second-order valence-corrected chi connectivity index (χ2v) is 10.4. The molecule has 7 heteroatoms. The second-order valence-electron chi connectivity index (χ2n) is 10.4. The Bertz CT molecular complexity index is 1090. The quantitative estimate of drug-likeness (QED) is 0.625. The van der Waals surface area contributed by atoms with Crippen LogP contribution in [0.3, 0.4) is 0 Å². The number of ether oxygens (including phenoxy) is 1. The van der Waals surface area contributed by atoms with Crippen molar-refractivity contribution in [3.63, 3.8) is 0 Å². The van der Waals surface area contributed by atoms with Crippen LogP contribution in [0.25, 0.3) is 11.0 Å². The van der Waals surface area contributed by atoms with E-state index in [1.165, 1.54) is 0 Å². The third-order valence-electron chi connectivity index (χ3n) is 6.84. The number of nitrogens with zero attached hydrogens (tertiary/aromatic N) is 3.